The van der Waals surface area contributed by atoms with E-state index in [1.807, 2.05) is 0 Å². The third-order valence-electron chi connectivity index (χ3n) is 5.54. The molecule has 0 saturated carbocycles. The van der Waals surface area contributed by atoms with Crippen LogP contribution in [0.3, 0.4) is 0 Å². The van der Waals surface area contributed by atoms with E-state index >= 15 is 0 Å². The van der Waals surface area contributed by atoms with Gasteiger partial charge in [-0.1, -0.05) is 38.1 Å². The number of anilines is 1. The molecule has 2 amide bonds. The molecule has 1 atom stereocenters. The second-order valence-electron chi connectivity index (χ2n) is 8.40. The van der Waals surface area contributed by atoms with Crippen molar-refractivity contribution in [2.45, 2.75) is 36.6 Å². The number of hydrogen-bond donors (Lipinski definition) is 1. The normalized spacial score (nSPS) is 15.1. The molecule has 0 spiro atoms. The van der Waals surface area contributed by atoms with Gasteiger partial charge in [0.2, 0.25) is 0 Å². The predicted octanol–water partition coefficient (Wildman–Crippen LogP) is 4.93. The van der Waals surface area contributed by atoms with Gasteiger partial charge in [-0.2, -0.15) is 0 Å². The number of carbonyl (C=O) groups is 2. The molecule has 170 valence electrons. The first-order valence-electron chi connectivity index (χ1n) is 10.8. The SMILES string of the molecule is CC(C)CCNC(=O)c1ccc2c(c1)N(Cc1ccc(F)cc1)C(=O)c1ccccc1S2=O. The quantitative estimate of drug-likeness (QED) is 0.563. The van der Waals surface area contributed by atoms with Crippen molar-refractivity contribution in [3.05, 3.63) is 89.2 Å². The van der Waals surface area contributed by atoms with Crippen molar-refractivity contribution in [3.8, 4) is 0 Å². The molecule has 33 heavy (non-hydrogen) atoms. The number of amides is 2. The number of nitrogens with zero attached hydrogens (tertiary/aromatic N) is 1. The van der Waals surface area contributed by atoms with Crippen LogP contribution < -0.4 is 10.2 Å². The van der Waals surface area contributed by atoms with Crippen molar-refractivity contribution in [2.75, 3.05) is 11.4 Å². The number of benzene rings is 3. The number of rotatable bonds is 6. The van der Waals surface area contributed by atoms with Crippen LogP contribution in [0, 0.1) is 11.7 Å². The van der Waals surface area contributed by atoms with Gasteiger partial charge in [0.15, 0.2) is 0 Å². The van der Waals surface area contributed by atoms with Gasteiger partial charge in [0, 0.05) is 12.1 Å². The molecular formula is C26H25FN2O3S. The summed E-state index contributed by atoms with van der Waals surface area (Å²) < 4.78 is 26.8. The summed E-state index contributed by atoms with van der Waals surface area (Å²) in [5, 5.41) is 2.90. The zero-order chi connectivity index (χ0) is 23.5. The largest absolute Gasteiger partial charge is 0.352 e. The van der Waals surface area contributed by atoms with Crippen LogP contribution >= 0.6 is 0 Å². The topological polar surface area (TPSA) is 66.5 Å². The average molecular weight is 465 g/mol. The zero-order valence-electron chi connectivity index (χ0n) is 18.5. The highest BCUT2D eigenvalue weighted by Gasteiger charge is 2.31. The van der Waals surface area contributed by atoms with Crippen LogP contribution in [0.25, 0.3) is 0 Å². The summed E-state index contributed by atoms with van der Waals surface area (Å²) in [6.07, 6.45) is 0.852. The Morgan fingerprint density at radius 3 is 2.48 bits per heavy atom. The summed E-state index contributed by atoms with van der Waals surface area (Å²) in [4.78, 5) is 28.7. The fraction of sp³-hybridized carbons (Fsp3) is 0.231. The number of nitrogens with one attached hydrogen (secondary N) is 1. The van der Waals surface area contributed by atoms with Gasteiger partial charge in [-0.05, 0) is 60.4 Å². The highest BCUT2D eigenvalue weighted by atomic mass is 32.2. The second-order valence-corrected chi connectivity index (χ2v) is 9.82. The molecule has 3 aromatic rings. The van der Waals surface area contributed by atoms with E-state index in [0.717, 1.165) is 6.42 Å². The first-order chi connectivity index (χ1) is 15.8. The number of fused-ring (bicyclic) bond motifs is 2. The average Bonchev–Trinajstić information content (AvgIpc) is 2.89. The van der Waals surface area contributed by atoms with Gasteiger partial charge < -0.3 is 10.2 Å². The van der Waals surface area contributed by atoms with Crippen molar-refractivity contribution < 1.29 is 18.2 Å². The molecule has 1 heterocycles. The van der Waals surface area contributed by atoms with Crippen LogP contribution in [-0.2, 0) is 17.3 Å². The molecule has 1 N–H and O–H groups in total. The van der Waals surface area contributed by atoms with E-state index in [1.54, 1.807) is 54.6 Å². The van der Waals surface area contributed by atoms with Crippen LogP contribution in [0.4, 0.5) is 10.1 Å². The fourth-order valence-corrected chi connectivity index (χ4v) is 5.06. The molecule has 1 aliphatic rings. The molecule has 3 aromatic carbocycles. The van der Waals surface area contributed by atoms with Gasteiger partial charge in [-0.15, -0.1) is 0 Å². The smallest absolute Gasteiger partial charge is 0.259 e. The summed E-state index contributed by atoms with van der Waals surface area (Å²) in [7, 11) is -1.60. The maximum Gasteiger partial charge on any atom is 0.259 e. The van der Waals surface area contributed by atoms with Crippen molar-refractivity contribution >= 4 is 28.3 Å². The molecule has 1 aliphatic heterocycles. The highest BCUT2D eigenvalue weighted by molar-refractivity contribution is 7.85. The Hall–Kier alpha value is -3.32. The summed E-state index contributed by atoms with van der Waals surface area (Å²) >= 11 is 0. The van der Waals surface area contributed by atoms with Gasteiger partial charge >= 0.3 is 0 Å². The van der Waals surface area contributed by atoms with Crippen molar-refractivity contribution in [1.82, 2.24) is 5.32 Å². The van der Waals surface area contributed by atoms with E-state index < -0.39 is 10.8 Å². The van der Waals surface area contributed by atoms with Gasteiger partial charge in [0.05, 0.1) is 38.4 Å². The van der Waals surface area contributed by atoms with E-state index in [4.69, 9.17) is 0 Å². The fourth-order valence-electron chi connectivity index (χ4n) is 3.71. The Balaban J connectivity index is 1.77. The van der Waals surface area contributed by atoms with Gasteiger partial charge in [-0.3, -0.25) is 9.59 Å². The van der Waals surface area contributed by atoms with Gasteiger partial charge in [0.1, 0.15) is 5.82 Å². The molecule has 0 bridgehead atoms. The second kappa shape index (κ2) is 9.67. The molecule has 0 saturated heterocycles. The summed E-state index contributed by atoms with van der Waals surface area (Å²) in [5.41, 5.74) is 1.86. The number of carbonyl (C=O) groups excluding carboxylic acids is 2. The molecule has 4 rings (SSSR count). The van der Waals surface area contributed by atoms with E-state index in [-0.39, 0.29) is 24.2 Å². The van der Waals surface area contributed by atoms with Crippen LogP contribution in [0.5, 0.6) is 0 Å². The minimum Gasteiger partial charge on any atom is -0.352 e. The molecule has 0 aliphatic carbocycles. The van der Waals surface area contributed by atoms with Crippen LogP contribution in [-0.4, -0.2) is 22.6 Å². The van der Waals surface area contributed by atoms with Crippen molar-refractivity contribution in [2.24, 2.45) is 5.92 Å². The molecule has 0 fully saturated rings. The number of hydrogen-bond acceptors (Lipinski definition) is 3. The lowest BCUT2D eigenvalue weighted by atomic mass is 10.1. The Labute approximate surface area is 195 Å². The lowest BCUT2D eigenvalue weighted by Gasteiger charge is -2.23. The van der Waals surface area contributed by atoms with Gasteiger partial charge in [0.25, 0.3) is 11.8 Å². The maximum absolute atomic E-state index is 13.6. The van der Waals surface area contributed by atoms with Crippen LogP contribution in [0.2, 0.25) is 0 Å². The molecule has 0 radical (unpaired) electrons. The Kier molecular flexibility index (Phi) is 6.70. The lowest BCUT2D eigenvalue weighted by Crippen LogP contribution is -2.31. The van der Waals surface area contributed by atoms with E-state index in [0.29, 0.717) is 44.6 Å². The minimum atomic E-state index is -1.60. The van der Waals surface area contributed by atoms with E-state index in [2.05, 4.69) is 19.2 Å². The van der Waals surface area contributed by atoms with E-state index in [9.17, 15) is 18.2 Å². The highest BCUT2D eigenvalue weighted by Crippen LogP contribution is 2.36. The number of halogens is 1. The lowest BCUT2D eigenvalue weighted by molar-refractivity contribution is 0.0948. The Morgan fingerprint density at radius 2 is 1.76 bits per heavy atom. The molecular weight excluding hydrogens is 439 g/mol. The molecule has 0 aromatic heterocycles. The van der Waals surface area contributed by atoms with Crippen molar-refractivity contribution in [3.63, 3.8) is 0 Å². The Morgan fingerprint density at radius 1 is 1.03 bits per heavy atom. The third-order valence-corrected chi connectivity index (χ3v) is 7.04. The Bertz CT molecular complexity index is 1220. The first kappa shape index (κ1) is 22.9. The summed E-state index contributed by atoms with van der Waals surface area (Å²) in [6.45, 7) is 4.86. The molecule has 5 nitrogen and oxygen atoms in total. The third kappa shape index (κ3) is 4.88. The van der Waals surface area contributed by atoms with Gasteiger partial charge in [-0.25, -0.2) is 8.60 Å². The minimum absolute atomic E-state index is 0.149. The monoisotopic (exact) mass is 464 g/mol. The van der Waals surface area contributed by atoms with Crippen molar-refractivity contribution in [1.29, 1.82) is 0 Å². The predicted molar refractivity (Wildman–Crippen MR) is 126 cm³/mol. The molecule has 7 heteroatoms. The molecule has 1 unspecified atom stereocenters. The standard InChI is InChI=1S/C26H25FN2O3S/c1-17(2)13-14-28-25(30)19-9-12-24-22(15-19)29(16-18-7-10-20(27)11-8-18)26(31)21-5-3-4-6-23(21)33(24)32/h3-12,15,17H,13-14,16H2,1-2H3,(H,28,30). The first-order valence-corrected chi connectivity index (χ1v) is 12.0. The summed E-state index contributed by atoms with van der Waals surface area (Å²) in [6, 6.07) is 17.6. The summed E-state index contributed by atoms with van der Waals surface area (Å²) in [5.74, 6) is -0.477. The zero-order valence-corrected chi connectivity index (χ0v) is 19.3. The van der Waals surface area contributed by atoms with E-state index in [1.165, 1.54) is 17.0 Å². The maximum atomic E-state index is 13.6. The van der Waals surface area contributed by atoms with Crippen LogP contribution in [0.1, 0.15) is 46.5 Å². The van der Waals surface area contributed by atoms with Crippen LogP contribution in [0.15, 0.2) is 76.5 Å².